The third kappa shape index (κ3) is 3.62. The van der Waals surface area contributed by atoms with E-state index in [1.165, 1.54) is 24.3 Å². The lowest BCUT2D eigenvalue weighted by Crippen LogP contribution is -2.32. The highest BCUT2D eigenvalue weighted by Crippen LogP contribution is 2.29. The number of fused-ring (bicyclic) bond motifs is 1. The molecule has 0 atom stereocenters. The molecule has 142 valence electrons. The highest BCUT2D eigenvalue weighted by Gasteiger charge is 2.19. The molecule has 0 bridgehead atoms. The van der Waals surface area contributed by atoms with Gasteiger partial charge in [0.05, 0.1) is 22.0 Å². The van der Waals surface area contributed by atoms with Crippen molar-refractivity contribution in [1.82, 2.24) is 9.66 Å². The standard InChI is InChI=1S/C17H13N5O6/c18-14(23)9-28-15-10(4-3-7-13(15)22(26)27)8-19-21-16(24)11-5-1-2-6-12(11)20-17(21)25/h1-8H,9H2,(H2,18,23)(H,20,25). The number of hydrogen-bond acceptors (Lipinski definition) is 7. The molecule has 0 fully saturated rings. The zero-order valence-electron chi connectivity index (χ0n) is 14.2. The first-order chi connectivity index (χ1) is 13.4. The Morgan fingerprint density at radius 1 is 1.25 bits per heavy atom. The van der Waals surface area contributed by atoms with Crippen LogP contribution in [0.3, 0.4) is 0 Å². The summed E-state index contributed by atoms with van der Waals surface area (Å²) in [6, 6.07) is 10.3. The van der Waals surface area contributed by atoms with E-state index in [0.29, 0.717) is 10.2 Å². The van der Waals surface area contributed by atoms with Crippen LogP contribution in [0.15, 0.2) is 57.2 Å². The summed E-state index contributed by atoms with van der Waals surface area (Å²) in [5.74, 6) is -1.09. The number of nitrogens with one attached hydrogen (secondary N) is 1. The fourth-order valence-electron chi connectivity index (χ4n) is 2.47. The fraction of sp³-hybridized carbons (Fsp3) is 0.0588. The molecule has 3 rings (SSSR count). The van der Waals surface area contributed by atoms with Gasteiger partial charge in [-0.2, -0.15) is 5.10 Å². The van der Waals surface area contributed by atoms with Crippen LogP contribution in [0.2, 0.25) is 0 Å². The molecule has 0 saturated carbocycles. The molecule has 2 aromatic carbocycles. The molecule has 0 radical (unpaired) electrons. The summed E-state index contributed by atoms with van der Waals surface area (Å²) in [5, 5.41) is 15.3. The normalized spacial score (nSPS) is 11.0. The number of para-hydroxylation sites is 2. The summed E-state index contributed by atoms with van der Waals surface area (Å²) in [5.41, 5.74) is 3.57. The lowest BCUT2D eigenvalue weighted by atomic mass is 10.2. The van der Waals surface area contributed by atoms with Crippen molar-refractivity contribution in [2.45, 2.75) is 0 Å². The third-order valence-corrected chi connectivity index (χ3v) is 3.68. The quantitative estimate of drug-likeness (QED) is 0.354. The van der Waals surface area contributed by atoms with Gasteiger partial charge in [0.25, 0.3) is 11.5 Å². The number of benzene rings is 2. The zero-order chi connectivity index (χ0) is 20.3. The molecule has 0 unspecified atom stereocenters. The van der Waals surface area contributed by atoms with Crippen molar-refractivity contribution in [3.63, 3.8) is 0 Å². The number of aromatic nitrogens is 2. The lowest BCUT2D eigenvalue weighted by molar-refractivity contribution is -0.385. The maximum absolute atomic E-state index is 12.5. The van der Waals surface area contributed by atoms with Gasteiger partial charge in [0.2, 0.25) is 5.75 Å². The topological polar surface area (TPSA) is 163 Å². The van der Waals surface area contributed by atoms with Gasteiger partial charge in [-0.3, -0.25) is 19.7 Å². The molecular weight excluding hydrogens is 370 g/mol. The minimum absolute atomic E-state index is 0.0786. The first kappa shape index (κ1) is 18.5. The highest BCUT2D eigenvalue weighted by molar-refractivity contribution is 5.86. The summed E-state index contributed by atoms with van der Waals surface area (Å²) in [6.45, 7) is -0.595. The average molecular weight is 383 g/mol. The number of carbonyl (C=O) groups is 1. The van der Waals surface area contributed by atoms with Crippen molar-refractivity contribution < 1.29 is 14.5 Å². The number of hydrogen-bond donors (Lipinski definition) is 2. The van der Waals surface area contributed by atoms with E-state index in [4.69, 9.17) is 10.5 Å². The Labute approximate surface area is 155 Å². The monoisotopic (exact) mass is 383 g/mol. The van der Waals surface area contributed by atoms with Crippen molar-refractivity contribution in [3.05, 3.63) is 79.0 Å². The molecule has 28 heavy (non-hydrogen) atoms. The zero-order valence-corrected chi connectivity index (χ0v) is 14.2. The van der Waals surface area contributed by atoms with Gasteiger partial charge in [-0.1, -0.05) is 18.2 Å². The molecule has 1 aromatic heterocycles. The minimum Gasteiger partial charge on any atom is -0.476 e. The second-order valence-electron chi connectivity index (χ2n) is 5.54. The highest BCUT2D eigenvalue weighted by atomic mass is 16.6. The van der Waals surface area contributed by atoms with E-state index < -0.39 is 34.4 Å². The van der Waals surface area contributed by atoms with Gasteiger partial charge in [0, 0.05) is 11.6 Å². The van der Waals surface area contributed by atoms with Crippen LogP contribution in [-0.4, -0.2) is 33.3 Å². The second kappa shape index (κ2) is 7.53. The molecule has 1 amide bonds. The summed E-state index contributed by atoms with van der Waals surface area (Å²) >= 11 is 0. The number of nitro groups is 1. The molecule has 3 aromatic rings. The lowest BCUT2D eigenvalue weighted by Gasteiger charge is -2.07. The van der Waals surface area contributed by atoms with Crippen LogP contribution in [0.1, 0.15) is 5.56 Å². The van der Waals surface area contributed by atoms with Gasteiger partial charge in [0.1, 0.15) is 0 Å². The first-order valence-corrected chi connectivity index (χ1v) is 7.85. The molecule has 0 aliphatic heterocycles. The number of aromatic amines is 1. The molecular formula is C17H13N5O6. The van der Waals surface area contributed by atoms with Crippen molar-refractivity contribution in [2.24, 2.45) is 10.8 Å². The van der Waals surface area contributed by atoms with Gasteiger partial charge in [-0.15, -0.1) is 4.68 Å². The SMILES string of the molecule is NC(=O)COc1c(C=Nn2c(=O)[nH]c3ccccc3c2=O)cccc1[N+](=O)[O-]. The predicted octanol–water partition coefficient (Wildman–Crippen LogP) is 0.344. The Bertz CT molecular complexity index is 1230. The van der Waals surface area contributed by atoms with Crippen LogP contribution < -0.4 is 21.7 Å². The van der Waals surface area contributed by atoms with E-state index in [9.17, 15) is 24.5 Å². The molecule has 3 N–H and O–H groups in total. The maximum atomic E-state index is 12.5. The Kier molecular flexibility index (Phi) is 4.98. The van der Waals surface area contributed by atoms with Gasteiger partial charge in [0.15, 0.2) is 6.61 Å². The van der Waals surface area contributed by atoms with Gasteiger partial charge < -0.3 is 15.5 Å². The first-order valence-electron chi connectivity index (χ1n) is 7.85. The van der Waals surface area contributed by atoms with Crippen LogP contribution in [0.25, 0.3) is 10.9 Å². The number of nitro benzene ring substituents is 1. The summed E-state index contributed by atoms with van der Waals surface area (Å²) in [7, 11) is 0. The predicted molar refractivity (Wildman–Crippen MR) is 99.6 cm³/mol. The van der Waals surface area contributed by atoms with E-state index in [0.717, 1.165) is 6.21 Å². The summed E-state index contributed by atoms with van der Waals surface area (Å²) in [4.78, 5) is 48.6. The molecule has 0 saturated heterocycles. The Morgan fingerprint density at radius 2 is 2.00 bits per heavy atom. The number of amides is 1. The van der Waals surface area contributed by atoms with Gasteiger partial charge in [-0.25, -0.2) is 4.79 Å². The Balaban J connectivity index is 2.10. The number of nitrogens with two attached hydrogens (primary N) is 1. The summed E-state index contributed by atoms with van der Waals surface area (Å²) in [6.07, 6.45) is 1.05. The van der Waals surface area contributed by atoms with Crippen LogP contribution in [0.4, 0.5) is 5.69 Å². The Hall–Kier alpha value is -4.28. The number of nitrogens with zero attached hydrogens (tertiary/aromatic N) is 3. The van der Waals surface area contributed by atoms with Crippen molar-refractivity contribution in [1.29, 1.82) is 0 Å². The number of carbonyl (C=O) groups excluding carboxylic acids is 1. The van der Waals surface area contributed by atoms with E-state index in [-0.39, 0.29) is 16.7 Å². The van der Waals surface area contributed by atoms with Crippen LogP contribution in [0, 0.1) is 10.1 Å². The maximum Gasteiger partial charge on any atom is 0.349 e. The second-order valence-corrected chi connectivity index (χ2v) is 5.54. The Morgan fingerprint density at radius 3 is 2.71 bits per heavy atom. The largest absolute Gasteiger partial charge is 0.476 e. The van der Waals surface area contributed by atoms with Gasteiger partial charge in [-0.05, 0) is 18.2 Å². The van der Waals surface area contributed by atoms with Crippen LogP contribution in [-0.2, 0) is 4.79 Å². The van der Waals surface area contributed by atoms with E-state index in [2.05, 4.69) is 10.1 Å². The molecule has 11 heteroatoms. The van der Waals surface area contributed by atoms with Crippen LogP contribution >= 0.6 is 0 Å². The smallest absolute Gasteiger partial charge is 0.349 e. The van der Waals surface area contributed by atoms with E-state index in [1.54, 1.807) is 18.2 Å². The molecule has 0 aliphatic rings. The molecule has 0 spiro atoms. The van der Waals surface area contributed by atoms with Crippen molar-refractivity contribution in [3.8, 4) is 5.75 Å². The van der Waals surface area contributed by atoms with Gasteiger partial charge >= 0.3 is 11.4 Å². The third-order valence-electron chi connectivity index (χ3n) is 3.68. The van der Waals surface area contributed by atoms with Crippen molar-refractivity contribution >= 4 is 28.7 Å². The molecule has 1 heterocycles. The number of primary amides is 1. The van der Waals surface area contributed by atoms with E-state index in [1.807, 2.05) is 0 Å². The molecule has 11 nitrogen and oxygen atoms in total. The van der Waals surface area contributed by atoms with Crippen LogP contribution in [0.5, 0.6) is 5.75 Å². The average Bonchev–Trinajstić information content (AvgIpc) is 2.66. The van der Waals surface area contributed by atoms with E-state index >= 15 is 0 Å². The number of H-pyrrole nitrogens is 1. The number of ether oxygens (including phenoxy) is 1. The molecule has 0 aliphatic carbocycles. The number of rotatable bonds is 6. The minimum atomic E-state index is -0.830. The fourth-order valence-corrected chi connectivity index (χ4v) is 2.47. The van der Waals surface area contributed by atoms with Crippen molar-refractivity contribution in [2.75, 3.05) is 6.61 Å². The summed E-state index contributed by atoms with van der Waals surface area (Å²) < 4.78 is 5.71.